The third-order valence-electron chi connectivity index (χ3n) is 4.70. The minimum absolute atomic E-state index is 0.0606. The molecule has 0 unspecified atom stereocenters. The number of hydrogen-bond acceptors (Lipinski definition) is 5. The zero-order valence-electron chi connectivity index (χ0n) is 15.6. The van der Waals surface area contributed by atoms with Gasteiger partial charge in [-0.05, 0) is 49.7 Å². The van der Waals surface area contributed by atoms with E-state index in [0.29, 0.717) is 29.9 Å². The highest BCUT2D eigenvalue weighted by atomic mass is 16.6. The monoisotopic (exact) mass is 382 g/mol. The van der Waals surface area contributed by atoms with Crippen molar-refractivity contribution in [2.75, 3.05) is 31.5 Å². The maximum atomic E-state index is 12.8. The molecule has 2 aromatic carbocycles. The van der Waals surface area contributed by atoms with Crippen molar-refractivity contribution in [1.29, 1.82) is 0 Å². The summed E-state index contributed by atoms with van der Waals surface area (Å²) >= 11 is 0. The molecule has 0 aromatic heterocycles. The molecular formula is C20H22N4O4. The van der Waals surface area contributed by atoms with E-state index >= 15 is 0 Å². The molecule has 1 fully saturated rings. The van der Waals surface area contributed by atoms with Gasteiger partial charge in [0.05, 0.1) is 4.92 Å². The summed E-state index contributed by atoms with van der Waals surface area (Å²) in [6.45, 7) is 4.85. The Morgan fingerprint density at radius 1 is 1.07 bits per heavy atom. The van der Waals surface area contributed by atoms with Crippen LogP contribution >= 0.6 is 0 Å². The number of benzene rings is 2. The predicted molar refractivity (Wildman–Crippen MR) is 106 cm³/mol. The van der Waals surface area contributed by atoms with Gasteiger partial charge in [0.25, 0.3) is 17.5 Å². The normalized spacial score (nSPS) is 14.2. The largest absolute Gasteiger partial charge is 0.337 e. The first kappa shape index (κ1) is 19.5. The molecule has 2 aromatic rings. The van der Waals surface area contributed by atoms with Gasteiger partial charge in [0.15, 0.2) is 0 Å². The van der Waals surface area contributed by atoms with Gasteiger partial charge in [0.1, 0.15) is 0 Å². The summed E-state index contributed by atoms with van der Waals surface area (Å²) in [4.78, 5) is 37.3. The number of carbonyl (C=O) groups is 2. The highest BCUT2D eigenvalue weighted by Gasteiger charge is 2.18. The van der Waals surface area contributed by atoms with Gasteiger partial charge >= 0.3 is 0 Å². The van der Waals surface area contributed by atoms with E-state index in [1.54, 1.807) is 18.2 Å². The van der Waals surface area contributed by atoms with Crippen molar-refractivity contribution in [3.05, 3.63) is 69.3 Å². The standard InChI is InChI=1S/C20H22N4O4/c1-14-3-4-16(20(26)23-11-2-9-21-10-12-23)13-18(14)22-19(25)15-5-7-17(8-6-15)24(27)28/h3-8,13,21H,2,9-12H2,1H3,(H,22,25). The Morgan fingerprint density at radius 2 is 1.79 bits per heavy atom. The van der Waals surface area contributed by atoms with Crippen LogP contribution in [0.2, 0.25) is 0 Å². The average Bonchev–Trinajstić information content (AvgIpc) is 2.98. The van der Waals surface area contributed by atoms with Gasteiger partial charge in [-0.1, -0.05) is 6.07 Å². The molecule has 8 nitrogen and oxygen atoms in total. The molecule has 0 bridgehead atoms. The molecule has 146 valence electrons. The van der Waals surface area contributed by atoms with Crippen LogP contribution in [0.3, 0.4) is 0 Å². The zero-order valence-corrected chi connectivity index (χ0v) is 15.6. The summed E-state index contributed by atoms with van der Waals surface area (Å²) in [7, 11) is 0. The number of rotatable bonds is 4. The first-order chi connectivity index (χ1) is 13.5. The van der Waals surface area contributed by atoms with Crippen molar-refractivity contribution in [2.24, 2.45) is 0 Å². The number of hydrogen-bond donors (Lipinski definition) is 2. The first-order valence-corrected chi connectivity index (χ1v) is 9.12. The van der Waals surface area contributed by atoms with Crippen molar-refractivity contribution < 1.29 is 14.5 Å². The first-order valence-electron chi connectivity index (χ1n) is 9.12. The molecule has 3 rings (SSSR count). The minimum Gasteiger partial charge on any atom is -0.337 e. The number of aryl methyl sites for hydroxylation is 1. The topological polar surface area (TPSA) is 105 Å². The molecule has 0 atom stereocenters. The van der Waals surface area contributed by atoms with E-state index in [-0.39, 0.29) is 17.5 Å². The fourth-order valence-electron chi connectivity index (χ4n) is 3.05. The van der Waals surface area contributed by atoms with Crippen molar-refractivity contribution in [2.45, 2.75) is 13.3 Å². The molecule has 0 radical (unpaired) electrons. The van der Waals surface area contributed by atoms with Gasteiger partial charge in [0, 0.05) is 48.6 Å². The number of carbonyl (C=O) groups excluding carboxylic acids is 2. The predicted octanol–water partition coefficient (Wildman–Crippen LogP) is 2.59. The number of non-ortho nitro benzene ring substituents is 1. The van der Waals surface area contributed by atoms with Gasteiger partial charge < -0.3 is 15.5 Å². The smallest absolute Gasteiger partial charge is 0.269 e. The average molecular weight is 382 g/mol. The lowest BCUT2D eigenvalue weighted by molar-refractivity contribution is -0.384. The highest BCUT2D eigenvalue weighted by Crippen LogP contribution is 2.20. The Bertz CT molecular complexity index is 888. The lowest BCUT2D eigenvalue weighted by Gasteiger charge is -2.20. The van der Waals surface area contributed by atoms with Crippen molar-refractivity contribution >= 4 is 23.2 Å². The molecule has 28 heavy (non-hydrogen) atoms. The summed E-state index contributed by atoms with van der Waals surface area (Å²) in [6, 6.07) is 10.6. The summed E-state index contributed by atoms with van der Waals surface area (Å²) in [5, 5.41) is 16.8. The third-order valence-corrected chi connectivity index (χ3v) is 4.70. The van der Waals surface area contributed by atoms with E-state index in [2.05, 4.69) is 10.6 Å². The Balaban J connectivity index is 1.76. The maximum Gasteiger partial charge on any atom is 0.269 e. The highest BCUT2D eigenvalue weighted by molar-refractivity contribution is 6.05. The Labute approximate surface area is 162 Å². The van der Waals surface area contributed by atoms with E-state index < -0.39 is 4.92 Å². The van der Waals surface area contributed by atoms with Crippen molar-refractivity contribution in [1.82, 2.24) is 10.2 Å². The van der Waals surface area contributed by atoms with Crippen LogP contribution in [0.25, 0.3) is 0 Å². The van der Waals surface area contributed by atoms with Gasteiger partial charge in [-0.15, -0.1) is 0 Å². The van der Waals surface area contributed by atoms with Gasteiger partial charge in [-0.25, -0.2) is 0 Å². The van der Waals surface area contributed by atoms with Crippen LogP contribution in [0.5, 0.6) is 0 Å². The van der Waals surface area contributed by atoms with Crippen molar-refractivity contribution in [3.63, 3.8) is 0 Å². The van der Waals surface area contributed by atoms with Gasteiger partial charge in [-0.3, -0.25) is 19.7 Å². The van der Waals surface area contributed by atoms with Crippen LogP contribution in [-0.2, 0) is 0 Å². The second kappa shape index (κ2) is 8.62. The molecule has 1 heterocycles. The Morgan fingerprint density at radius 3 is 2.50 bits per heavy atom. The molecule has 0 spiro atoms. The SMILES string of the molecule is Cc1ccc(C(=O)N2CCCNCC2)cc1NC(=O)c1ccc([N+](=O)[O-])cc1. The van der Waals surface area contributed by atoms with E-state index in [9.17, 15) is 19.7 Å². The quantitative estimate of drug-likeness (QED) is 0.625. The molecule has 2 amide bonds. The van der Waals surface area contributed by atoms with Crippen LogP contribution in [-0.4, -0.2) is 47.8 Å². The lowest BCUT2D eigenvalue weighted by Crippen LogP contribution is -2.34. The van der Waals surface area contributed by atoms with Crippen LogP contribution < -0.4 is 10.6 Å². The number of nitrogens with zero attached hydrogens (tertiary/aromatic N) is 2. The van der Waals surface area contributed by atoms with Crippen molar-refractivity contribution in [3.8, 4) is 0 Å². The van der Waals surface area contributed by atoms with Crippen LogP contribution in [0.1, 0.15) is 32.7 Å². The third kappa shape index (κ3) is 4.52. The number of nitro groups is 1. The Kier molecular flexibility index (Phi) is 6.00. The fraction of sp³-hybridized carbons (Fsp3) is 0.300. The second-order valence-corrected chi connectivity index (χ2v) is 6.68. The maximum absolute atomic E-state index is 12.8. The summed E-state index contributed by atoms with van der Waals surface area (Å²) in [5.41, 5.74) is 2.12. The second-order valence-electron chi connectivity index (χ2n) is 6.68. The van der Waals surface area contributed by atoms with Gasteiger partial charge in [-0.2, -0.15) is 0 Å². The fourth-order valence-corrected chi connectivity index (χ4v) is 3.05. The lowest BCUT2D eigenvalue weighted by atomic mass is 10.1. The molecule has 8 heteroatoms. The number of nitro benzene ring substituents is 1. The van der Waals surface area contributed by atoms with Crippen LogP contribution in [0, 0.1) is 17.0 Å². The molecule has 1 aliphatic rings. The van der Waals surface area contributed by atoms with Crippen LogP contribution in [0.4, 0.5) is 11.4 Å². The molecule has 2 N–H and O–H groups in total. The summed E-state index contributed by atoms with van der Waals surface area (Å²) < 4.78 is 0. The summed E-state index contributed by atoms with van der Waals surface area (Å²) in [6.07, 6.45) is 0.904. The minimum atomic E-state index is -0.515. The van der Waals surface area contributed by atoms with E-state index in [0.717, 1.165) is 25.1 Å². The molecular weight excluding hydrogens is 360 g/mol. The van der Waals surface area contributed by atoms with E-state index in [1.807, 2.05) is 11.8 Å². The molecule has 1 saturated heterocycles. The van der Waals surface area contributed by atoms with Gasteiger partial charge in [0.2, 0.25) is 0 Å². The zero-order chi connectivity index (χ0) is 20.1. The number of nitrogens with one attached hydrogen (secondary N) is 2. The number of anilines is 1. The molecule has 0 saturated carbocycles. The number of amides is 2. The van der Waals surface area contributed by atoms with E-state index in [4.69, 9.17) is 0 Å². The van der Waals surface area contributed by atoms with Crippen LogP contribution in [0.15, 0.2) is 42.5 Å². The Hall–Kier alpha value is -3.26. The summed E-state index contributed by atoms with van der Waals surface area (Å²) in [5.74, 6) is -0.448. The molecule has 1 aliphatic heterocycles. The van der Waals surface area contributed by atoms with E-state index in [1.165, 1.54) is 24.3 Å². The molecule has 0 aliphatic carbocycles.